The average molecular weight is 500 g/mol. The third kappa shape index (κ3) is 6.32. The molecule has 0 bridgehead atoms. The van der Waals surface area contributed by atoms with E-state index in [1.165, 1.54) is 12.1 Å². The quantitative estimate of drug-likeness (QED) is 0.472. The van der Waals surface area contributed by atoms with Crippen LogP contribution in [0.25, 0.3) is 0 Å². The van der Waals surface area contributed by atoms with Crippen LogP contribution in [0, 0.1) is 11.3 Å². The predicted octanol–water partition coefficient (Wildman–Crippen LogP) is 5.70. The van der Waals surface area contributed by atoms with E-state index in [9.17, 15) is 18.0 Å². The lowest BCUT2D eigenvalue weighted by atomic mass is 9.96. The highest BCUT2D eigenvalue weighted by Gasteiger charge is 2.32. The van der Waals surface area contributed by atoms with Crippen molar-refractivity contribution in [2.75, 3.05) is 13.1 Å². The number of carbonyl (C=O) groups is 1. The van der Waals surface area contributed by atoms with E-state index in [4.69, 9.17) is 16.9 Å². The number of hydrogen-bond donors (Lipinski definition) is 1. The van der Waals surface area contributed by atoms with Crippen molar-refractivity contribution in [1.29, 1.82) is 5.26 Å². The first-order valence-corrected chi connectivity index (χ1v) is 11.3. The van der Waals surface area contributed by atoms with Crippen molar-refractivity contribution in [3.8, 4) is 11.8 Å². The van der Waals surface area contributed by atoms with E-state index in [0.717, 1.165) is 29.8 Å². The molecule has 3 aromatic rings. The van der Waals surface area contributed by atoms with Gasteiger partial charge in [0.05, 0.1) is 17.7 Å². The minimum atomic E-state index is -4.79. The van der Waals surface area contributed by atoms with Gasteiger partial charge in [0.1, 0.15) is 5.75 Å². The summed E-state index contributed by atoms with van der Waals surface area (Å²) in [5.74, 6) is -0.744. The molecule has 0 radical (unpaired) electrons. The van der Waals surface area contributed by atoms with E-state index in [2.05, 4.69) is 21.0 Å². The number of nitrogens with one attached hydrogen (secondary N) is 1. The molecule has 4 rings (SSSR count). The fourth-order valence-electron chi connectivity index (χ4n) is 4.22. The molecule has 1 saturated heterocycles. The second kappa shape index (κ2) is 10.4. The summed E-state index contributed by atoms with van der Waals surface area (Å²) in [6.07, 6.45) is -4.08. The highest BCUT2D eigenvalue weighted by atomic mass is 35.5. The normalized spacial score (nSPS) is 16.9. The molecule has 2 atom stereocenters. The maximum atomic E-state index is 12.7. The van der Waals surface area contributed by atoms with Crippen LogP contribution in [-0.2, 0) is 0 Å². The zero-order valence-corrected chi connectivity index (χ0v) is 19.2. The Balaban J connectivity index is 1.46. The Bertz CT molecular complexity index is 1210. The number of nitrogens with zero attached hydrogens (tertiary/aromatic N) is 2. The topological polar surface area (TPSA) is 65.4 Å². The second-order valence-electron chi connectivity index (χ2n) is 8.21. The Hall–Kier alpha value is -3.54. The first-order chi connectivity index (χ1) is 16.7. The molecule has 0 saturated carbocycles. The van der Waals surface area contributed by atoms with Crippen LogP contribution in [0.1, 0.15) is 39.5 Å². The molecule has 0 spiro atoms. The summed E-state index contributed by atoms with van der Waals surface area (Å²) in [6.45, 7) is 1.30. The van der Waals surface area contributed by atoms with Gasteiger partial charge in [0.2, 0.25) is 0 Å². The Kier molecular flexibility index (Phi) is 7.29. The standard InChI is InChI=1S/C26H21ClF3N3O2/c27-21-9-5-19(6-10-21)24(18-3-1-17(15-31)2-4-18)33-14-13-22(16-33)32-25(34)20-7-11-23(12-8-20)35-26(28,29)30/h1-12,22,24H,13-14,16H2,(H,32,34)/t22?,24-/m1/s1. The molecule has 0 aliphatic carbocycles. The smallest absolute Gasteiger partial charge is 0.406 e. The van der Waals surface area contributed by atoms with E-state index in [-0.39, 0.29) is 29.3 Å². The minimum absolute atomic E-state index is 0.0966. The van der Waals surface area contributed by atoms with Crippen molar-refractivity contribution in [3.63, 3.8) is 0 Å². The van der Waals surface area contributed by atoms with Crippen LogP contribution >= 0.6 is 11.6 Å². The molecule has 1 amide bonds. The van der Waals surface area contributed by atoms with Gasteiger partial charge in [0.15, 0.2) is 0 Å². The first-order valence-electron chi connectivity index (χ1n) is 10.9. The lowest BCUT2D eigenvalue weighted by Gasteiger charge is -2.29. The highest BCUT2D eigenvalue weighted by Crippen LogP contribution is 2.32. The fourth-order valence-corrected chi connectivity index (χ4v) is 4.34. The fraction of sp³-hybridized carbons (Fsp3) is 0.231. The van der Waals surface area contributed by atoms with Gasteiger partial charge >= 0.3 is 6.36 Å². The van der Waals surface area contributed by atoms with Gasteiger partial charge in [0.25, 0.3) is 5.91 Å². The third-order valence-corrected chi connectivity index (χ3v) is 6.06. The molecule has 1 fully saturated rings. The van der Waals surface area contributed by atoms with Crippen molar-refractivity contribution in [2.45, 2.75) is 24.9 Å². The van der Waals surface area contributed by atoms with E-state index in [1.807, 2.05) is 36.4 Å². The van der Waals surface area contributed by atoms with Crippen LogP contribution < -0.4 is 10.1 Å². The number of benzene rings is 3. The van der Waals surface area contributed by atoms with Gasteiger partial charge in [-0.25, -0.2) is 0 Å². The van der Waals surface area contributed by atoms with Gasteiger partial charge < -0.3 is 10.1 Å². The van der Waals surface area contributed by atoms with E-state index in [1.54, 1.807) is 12.1 Å². The maximum Gasteiger partial charge on any atom is 0.573 e. The number of carbonyl (C=O) groups excluding carboxylic acids is 1. The molecule has 1 unspecified atom stereocenters. The van der Waals surface area contributed by atoms with Crippen molar-refractivity contribution in [3.05, 3.63) is 100 Å². The predicted molar refractivity (Wildman–Crippen MR) is 125 cm³/mol. The third-order valence-electron chi connectivity index (χ3n) is 5.81. The number of ether oxygens (including phenoxy) is 1. The second-order valence-corrected chi connectivity index (χ2v) is 8.65. The summed E-state index contributed by atoms with van der Waals surface area (Å²) in [5, 5.41) is 12.7. The SMILES string of the molecule is N#Cc1ccc([C@H](c2ccc(Cl)cc2)N2CCC(NC(=O)c3ccc(OC(F)(F)F)cc3)C2)cc1. The van der Waals surface area contributed by atoms with Gasteiger partial charge in [-0.05, 0) is 66.1 Å². The highest BCUT2D eigenvalue weighted by molar-refractivity contribution is 6.30. The van der Waals surface area contributed by atoms with Crippen LogP contribution in [0.3, 0.4) is 0 Å². The molecule has 180 valence electrons. The number of likely N-dealkylation sites (tertiary alicyclic amines) is 1. The van der Waals surface area contributed by atoms with Crippen LogP contribution in [0.15, 0.2) is 72.8 Å². The number of hydrogen-bond acceptors (Lipinski definition) is 4. The van der Waals surface area contributed by atoms with Crippen molar-refractivity contribution < 1.29 is 22.7 Å². The van der Waals surface area contributed by atoms with Gasteiger partial charge in [-0.15, -0.1) is 13.2 Å². The van der Waals surface area contributed by atoms with Crippen LogP contribution in [0.5, 0.6) is 5.75 Å². The van der Waals surface area contributed by atoms with E-state index < -0.39 is 6.36 Å². The molecule has 1 N–H and O–H groups in total. The van der Waals surface area contributed by atoms with Gasteiger partial charge in [0, 0.05) is 29.7 Å². The average Bonchev–Trinajstić information content (AvgIpc) is 3.28. The maximum absolute atomic E-state index is 12.7. The summed E-state index contributed by atoms with van der Waals surface area (Å²) in [7, 11) is 0. The van der Waals surface area contributed by atoms with Gasteiger partial charge in [-0.3, -0.25) is 9.69 Å². The zero-order valence-electron chi connectivity index (χ0n) is 18.4. The minimum Gasteiger partial charge on any atom is -0.406 e. The van der Waals surface area contributed by atoms with Gasteiger partial charge in [-0.1, -0.05) is 35.9 Å². The molecular formula is C26H21ClF3N3O2. The van der Waals surface area contributed by atoms with E-state index in [0.29, 0.717) is 23.6 Å². The van der Waals surface area contributed by atoms with Gasteiger partial charge in [-0.2, -0.15) is 5.26 Å². The van der Waals surface area contributed by atoms with Crippen LogP contribution in [0.2, 0.25) is 5.02 Å². The molecule has 5 nitrogen and oxygen atoms in total. The Labute approximate surface area is 205 Å². The largest absolute Gasteiger partial charge is 0.573 e. The lowest BCUT2D eigenvalue weighted by Crippen LogP contribution is -2.38. The Morgan fingerprint density at radius 3 is 2.20 bits per heavy atom. The number of amides is 1. The van der Waals surface area contributed by atoms with Crippen molar-refractivity contribution in [1.82, 2.24) is 10.2 Å². The monoisotopic (exact) mass is 499 g/mol. The van der Waals surface area contributed by atoms with E-state index >= 15 is 0 Å². The van der Waals surface area contributed by atoms with Crippen LogP contribution in [0.4, 0.5) is 13.2 Å². The molecule has 9 heteroatoms. The number of halogens is 4. The number of rotatable bonds is 6. The van der Waals surface area contributed by atoms with Crippen LogP contribution in [-0.4, -0.2) is 36.3 Å². The molecule has 35 heavy (non-hydrogen) atoms. The summed E-state index contributed by atoms with van der Waals surface area (Å²) in [5.41, 5.74) is 2.87. The molecular weight excluding hydrogens is 479 g/mol. The lowest BCUT2D eigenvalue weighted by molar-refractivity contribution is -0.274. The number of alkyl halides is 3. The number of nitriles is 1. The molecule has 1 aliphatic rings. The van der Waals surface area contributed by atoms with Crippen molar-refractivity contribution >= 4 is 17.5 Å². The molecule has 3 aromatic carbocycles. The molecule has 1 heterocycles. The zero-order chi connectivity index (χ0) is 25.0. The summed E-state index contributed by atoms with van der Waals surface area (Å²) < 4.78 is 40.9. The molecule has 1 aliphatic heterocycles. The molecule has 0 aromatic heterocycles. The summed E-state index contributed by atoms with van der Waals surface area (Å²) in [4.78, 5) is 14.9. The first kappa shape index (κ1) is 24.6. The Morgan fingerprint density at radius 1 is 1.03 bits per heavy atom. The van der Waals surface area contributed by atoms with Crippen molar-refractivity contribution in [2.24, 2.45) is 0 Å². The summed E-state index contributed by atoms with van der Waals surface area (Å²) in [6, 6.07) is 21.7. The Morgan fingerprint density at radius 2 is 1.63 bits per heavy atom. The summed E-state index contributed by atoms with van der Waals surface area (Å²) >= 11 is 6.08.